The topological polar surface area (TPSA) is 124 Å². The van der Waals surface area contributed by atoms with Crippen molar-refractivity contribution in [2.45, 2.75) is 19.8 Å². The molecule has 0 N–H and O–H groups in total. The molecular formula is C34H34O10. The van der Waals surface area contributed by atoms with Gasteiger partial charge in [-0.05, 0) is 79.2 Å². The number of benzene rings is 3. The van der Waals surface area contributed by atoms with Gasteiger partial charge in [0.2, 0.25) is 0 Å². The van der Waals surface area contributed by atoms with Gasteiger partial charge in [0.15, 0.2) is 0 Å². The molecule has 0 fully saturated rings. The standard InChI is InChI=1S/C34H34O10/c1-4-32(36)42-20-6-19-41-29-11-7-26(8-12-29)33(37)43-30-15-16-31(25(3)21-30)44-34(38)27-9-13-28(14-10-27)40-18-5-17-39-23-24(2)22-35/h4,7-16,21-22H,1-2,5-6,17-20,23H2,3H3. The van der Waals surface area contributed by atoms with Gasteiger partial charge in [0, 0.05) is 24.5 Å². The van der Waals surface area contributed by atoms with Crippen LogP contribution in [-0.2, 0) is 19.1 Å². The Hall–Kier alpha value is -5.22. The smallest absolute Gasteiger partial charge is 0.343 e. The minimum Gasteiger partial charge on any atom is -0.494 e. The van der Waals surface area contributed by atoms with Crippen LogP contribution in [-0.4, -0.2) is 57.2 Å². The molecular weight excluding hydrogens is 568 g/mol. The molecule has 230 valence electrons. The number of rotatable bonds is 18. The van der Waals surface area contributed by atoms with Gasteiger partial charge in [0.25, 0.3) is 0 Å². The summed E-state index contributed by atoms with van der Waals surface area (Å²) in [6.45, 7) is 10.2. The van der Waals surface area contributed by atoms with Gasteiger partial charge in [-0.1, -0.05) is 13.2 Å². The molecule has 0 aliphatic heterocycles. The van der Waals surface area contributed by atoms with Crippen molar-refractivity contribution in [3.05, 3.63) is 108 Å². The fraction of sp³-hybridized carbons (Fsp3) is 0.235. The lowest BCUT2D eigenvalue weighted by Crippen LogP contribution is -2.11. The Bertz CT molecular complexity index is 1440. The van der Waals surface area contributed by atoms with Crippen molar-refractivity contribution >= 4 is 24.2 Å². The Kier molecular flexibility index (Phi) is 13.4. The van der Waals surface area contributed by atoms with Crippen LogP contribution in [0.1, 0.15) is 39.1 Å². The van der Waals surface area contributed by atoms with Crippen LogP contribution in [0, 0.1) is 6.92 Å². The molecule has 0 saturated heterocycles. The largest absolute Gasteiger partial charge is 0.494 e. The van der Waals surface area contributed by atoms with E-state index in [2.05, 4.69) is 13.2 Å². The van der Waals surface area contributed by atoms with Crippen molar-refractivity contribution in [3.63, 3.8) is 0 Å². The molecule has 44 heavy (non-hydrogen) atoms. The quantitative estimate of drug-likeness (QED) is 0.0609. The summed E-state index contributed by atoms with van der Waals surface area (Å²) in [7, 11) is 0. The highest BCUT2D eigenvalue weighted by molar-refractivity contribution is 5.92. The van der Waals surface area contributed by atoms with E-state index in [1.54, 1.807) is 73.7 Å². The van der Waals surface area contributed by atoms with Gasteiger partial charge < -0.3 is 28.4 Å². The maximum atomic E-state index is 12.7. The molecule has 10 nitrogen and oxygen atoms in total. The number of carbonyl (C=O) groups excluding carboxylic acids is 4. The molecule has 0 unspecified atom stereocenters. The highest BCUT2D eigenvalue weighted by Crippen LogP contribution is 2.26. The molecule has 0 aliphatic carbocycles. The maximum absolute atomic E-state index is 12.7. The Labute approximate surface area is 255 Å². The van der Waals surface area contributed by atoms with E-state index < -0.39 is 17.9 Å². The summed E-state index contributed by atoms with van der Waals surface area (Å²) >= 11 is 0. The molecule has 0 atom stereocenters. The average Bonchev–Trinajstić information content (AvgIpc) is 3.04. The fourth-order valence-electron chi connectivity index (χ4n) is 3.57. The summed E-state index contributed by atoms with van der Waals surface area (Å²) in [5.41, 5.74) is 1.65. The van der Waals surface area contributed by atoms with Crippen molar-refractivity contribution in [3.8, 4) is 23.0 Å². The summed E-state index contributed by atoms with van der Waals surface area (Å²) in [6, 6.07) is 17.7. The summed E-state index contributed by atoms with van der Waals surface area (Å²) < 4.78 is 32.4. The molecule has 0 aliphatic rings. The van der Waals surface area contributed by atoms with E-state index in [1.165, 1.54) is 0 Å². The number of aryl methyl sites for hydroxylation is 1. The normalized spacial score (nSPS) is 10.3. The first-order valence-electron chi connectivity index (χ1n) is 13.8. The van der Waals surface area contributed by atoms with Gasteiger partial charge in [-0.15, -0.1) is 0 Å². The molecule has 0 heterocycles. The summed E-state index contributed by atoms with van der Waals surface area (Å²) in [5.74, 6) is 0.177. The lowest BCUT2D eigenvalue weighted by Gasteiger charge is -2.11. The first-order valence-corrected chi connectivity index (χ1v) is 13.8. The number of ether oxygens (including phenoxy) is 6. The Balaban J connectivity index is 1.43. The molecule has 0 aromatic heterocycles. The third kappa shape index (κ3) is 11.2. The number of aldehydes is 1. The second kappa shape index (κ2) is 17.7. The molecule has 0 bridgehead atoms. The molecule has 10 heteroatoms. The SMILES string of the molecule is C=CC(=O)OCCCOc1ccc(C(=O)Oc2ccc(OC(=O)c3ccc(OCCCOCC(=C)C=O)cc3)c(C)c2)cc1. The van der Waals surface area contributed by atoms with Gasteiger partial charge >= 0.3 is 17.9 Å². The van der Waals surface area contributed by atoms with E-state index in [0.29, 0.717) is 84.2 Å². The first-order chi connectivity index (χ1) is 21.3. The van der Waals surface area contributed by atoms with Crippen LogP contribution in [0.2, 0.25) is 0 Å². The van der Waals surface area contributed by atoms with E-state index >= 15 is 0 Å². The summed E-state index contributed by atoms with van der Waals surface area (Å²) in [6.07, 6.45) is 2.90. The predicted octanol–water partition coefficient (Wildman–Crippen LogP) is 5.47. The zero-order valence-corrected chi connectivity index (χ0v) is 24.5. The van der Waals surface area contributed by atoms with E-state index in [-0.39, 0.29) is 13.2 Å². The van der Waals surface area contributed by atoms with Gasteiger partial charge in [0.1, 0.15) is 29.3 Å². The molecule has 3 aromatic carbocycles. The minimum atomic E-state index is -0.560. The third-order valence-corrected chi connectivity index (χ3v) is 5.86. The molecule has 0 amide bonds. The number of hydrogen-bond donors (Lipinski definition) is 0. The average molecular weight is 603 g/mol. The molecule has 0 spiro atoms. The van der Waals surface area contributed by atoms with Crippen LogP contribution in [0.3, 0.4) is 0 Å². The van der Waals surface area contributed by atoms with Gasteiger partial charge in [-0.3, -0.25) is 4.79 Å². The van der Waals surface area contributed by atoms with Crippen LogP contribution in [0.25, 0.3) is 0 Å². The van der Waals surface area contributed by atoms with E-state index in [9.17, 15) is 19.2 Å². The molecule has 3 rings (SSSR count). The Morgan fingerprint density at radius 1 is 0.727 bits per heavy atom. The van der Waals surface area contributed by atoms with Gasteiger partial charge in [-0.2, -0.15) is 0 Å². The first kappa shape index (κ1) is 33.3. The van der Waals surface area contributed by atoms with Crippen LogP contribution < -0.4 is 18.9 Å². The Morgan fingerprint density at radius 3 is 1.82 bits per heavy atom. The maximum Gasteiger partial charge on any atom is 0.343 e. The highest BCUT2D eigenvalue weighted by atomic mass is 16.5. The number of carbonyl (C=O) groups is 4. The summed E-state index contributed by atoms with van der Waals surface area (Å²) in [4.78, 5) is 46.8. The lowest BCUT2D eigenvalue weighted by atomic mass is 10.2. The van der Waals surface area contributed by atoms with Gasteiger partial charge in [0.05, 0.1) is 44.2 Å². The minimum absolute atomic E-state index is 0.195. The van der Waals surface area contributed by atoms with Crippen molar-refractivity contribution in [1.29, 1.82) is 0 Å². The fourth-order valence-corrected chi connectivity index (χ4v) is 3.57. The zero-order valence-electron chi connectivity index (χ0n) is 24.5. The Morgan fingerprint density at radius 2 is 1.27 bits per heavy atom. The monoisotopic (exact) mass is 602 g/mol. The predicted molar refractivity (Wildman–Crippen MR) is 161 cm³/mol. The molecule has 0 radical (unpaired) electrons. The summed E-state index contributed by atoms with van der Waals surface area (Å²) in [5, 5.41) is 0. The van der Waals surface area contributed by atoms with Crippen molar-refractivity contribution < 1.29 is 47.6 Å². The third-order valence-electron chi connectivity index (χ3n) is 5.86. The van der Waals surface area contributed by atoms with Gasteiger partial charge in [-0.25, -0.2) is 14.4 Å². The molecule has 3 aromatic rings. The van der Waals surface area contributed by atoms with Crippen LogP contribution in [0.5, 0.6) is 23.0 Å². The van der Waals surface area contributed by atoms with E-state index in [1.807, 2.05) is 0 Å². The van der Waals surface area contributed by atoms with E-state index in [0.717, 1.165) is 6.08 Å². The highest BCUT2D eigenvalue weighted by Gasteiger charge is 2.14. The van der Waals surface area contributed by atoms with Crippen LogP contribution in [0.4, 0.5) is 0 Å². The second-order valence-electron chi connectivity index (χ2n) is 9.36. The van der Waals surface area contributed by atoms with Crippen molar-refractivity contribution in [1.82, 2.24) is 0 Å². The number of hydrogen-bond acceptors (Lipinski definition) is 10. The second-order valence-corrected chi connectivity index (χ2v) is 9.36. The van der Waals surface area contributed by atoms with E-state index in [4.69, 9.17) is 28.4 Å². The van der Waals surface area contributed by atoms with Crippen LogP contribution >= 0.6 is 0 Å². The number of esters is 3. The molecule has 0 saturated carbocycles. The van der Waals surface area contributed by atoms with Crippen LogP contribution in [0.15, 0.2) is 91.5 Å². The lowest BCUT2D eigenvalue weighted by molar-refractivity contribution is -0.137. The van der Waals surface area contributed by atoms with Crippen molar-refractivity contribution in [2.75, 3.05) is 33.0 Å². The van der Waals surface area contributed by atoms with Crippen molar-refractivity contribution in [2.24, 2.45) is 0 Å². The zero-order chi connectivity index (χ0) is 31.7.